The summed E-state index contributed by atoms with van der Waals surface area (Å²) in [5.74, 6) is -0.274. The summed E-state index contributed by atoms with van der Waals surface area (Å²) < 4.78 is 1.42. The summed E-state index contributed by atoms with van der Waals surface area (Å²) in [6.07, 6.45) is 0. The Kier molecular flexibility index (Phi) is 4.19. The average molecular weight is 361 g/mol. The molecular weight excluding hydrogens is 342 g/mol. The van der Waals surface area contributed by atoms with Gasteiger partial charge in [0, 0.05) is 6.54 Å². The molecule has 27 heavy (non-hydrogen) atoms. The van der Waals surface area contributed by atoms with E-state index in [1.165, 1.54) is 4.52 Å². The van der Waals surface area contributed by atoms with Gasteiger partial charge in [0.1, 0.15) is 0 Å². The molecule has 4 aromatic rings. The highest BCUT2D eigenvalue weighted by Gasteiger charge is 2.20. The summed E-state index contributed by atoms with van der Waals surface area (Å²) >= 11 is 0. The van der Waals surface area contributed by atoms with Crippen molar-refractivity contribution in [3.05, 3.63) is 75.7 Å². The van der Waals surface area contributed by atoms with Gasteiger partial charge in [0.15, 0.2) is 11.2 Å². The van der Waals surface area contributed by atoms with E-state index in [1.54, 1.807) is 0 Å². The number of nitrogens with one attached hydrogen (secondary N) is 2. The quantitative estimate of drug-likeness (QED) is 0.584. The molecule has 0 saturated carbocycles. The van der Waals surface area contributed by atoms with Gasteiger partial charge in [-0.2, -0.15) is 0 Å². The molecule has 7 heteroatoms. The molecule has 0 aliphatic rings. The number of hydrogen-bond donors (Lipinski definition) is 2. The molecule has 4 rings (SSSR count). The lowest BCUT2D eigenvalue weighted by molar-refractivity contribution is 0.0948. The number of H-pyrrole nitrogens is 1. The molecule has 0 unspecified atom stereocenters. The highest BCUT2D eigenvalue weighted by Crippen LogP contribution is 2.16. The minimum atomic E-state index is -0.412. The number of nitrogens with zero attached hydrogens (tertiary/aromatic N) is 3. The number of carbonyl (C=O) groups excluding carboxylic acids is 1. The molecule has 1 amide bonds. The fourth-order valence-electron chi connectivity index (χ4n) is 3.15. The van der Waals surface area contributed by atoms with Gasteiger partial charge in [-0.25, -0.2) is 4.52 Å². The molecule has 0 aliphatic heterocycles. The van der Waals surface area contributed by atoms with Gasteiger partial charge < -0.3 is 10.3 Å². The minimum Gasteiger partial charge on any atom is -0.350 e. The number of fused-ring (bicyclic) bond motifs is 3. The van der Waals surface area contributed by atoms with Crippen molar-refractivity contribution in [2.45, 2.75) is 19.8 Å². The summed E-state index contributed by atoms with van der Waals surface area (Å²) in [6, 6.07) is 15.5. The molecule has 0 radical (unpaired) electrons. The third-order valence-electron chi connectivity index (χ3n) is 4.67. The number of rotatable bonds is 4. The third-order valence-corrected chi connectivity index (χ3v) is 4.67. The van der Waals surface area contributed by atoms with Gasteiger partial charge >= 0.3 is 0 Å². The van der Waals surface area contributed by atoms with Gasteiger partial charge in [0.05, 0.1) is 11.0 Å². The Labute approximate surface area is 155 Å². The van der Waals surface area contributed by atoms with Crippen molar-refractivity contribution < 1.29 is 4.79 Å². The Bertz CT molecular complexity index is 1190. The van der Waals surface area contributed by atoms with Gasteiger partial charge in [-0.15, -0.1) is 5.10 Å². The standard InChI is InChI=1S/C20H19N5O2/c1-12-8-9-16-15(10-12)22-20(27)18-17(23-24-25(16)18)19(26)21-11-13(2)14-6-4-3-5-7-14/h3-10,13H,11H2,1-2H3,(H,21,26)(H,22,27)/t13-/m1/s1. The zero-order valence-electron chi connectivity index (χ0n) is 15.1. The average Bonchev–Trinajstić information content (AvgIpc) is 3.12. The highest BCUT2D eigenvalue weighted by atomic mass is 16.2. The fraction of sp³-hybridized carbons (Fsp3) is 0.200. The van der Waals surface area contributed by atoms with Crippen molar-refractivity contribution in [1.29, 1.82) is 0 Å². The topological polar surface area (TPSA) is 92.1 Å². The van der Waals surface area contributed by atoms with Crippen molar-refractivity contribution in [3.8, 4) is 0 Å². The van der Waals surface area contributed by atoms with Crippen LogP contribution in [-0.4, -0.2) is 32.3 Å². The maximum Gasteiger partial charge on any atom is 0.277 e. The van der Waals surface area contributed by atoms with Crippen LogP contribution in [0, 0.1) is 6.92 Å². The van der Waals surface area contributed by atoms with Crippen LogP contribution < -0.4 is 10.9 Å². The molecule has 2 aromatic carbocycles. The molecule has 0 fully saturated rings. The normalized spacial score (nSPS) is 12.4. The van der Waals surface area contributed by atoms with Crippen LogP contribution in [0.15, 0.2) is 53.3 Å². The smallest absolute Gasteiger partial charge is 0.277 e. The summed E-state index contributed by atoms with van der Waals surface area (Å²) in [5.41, 5.74) is 3.28. The Morgan fingerprint density at radius 1 is 1.22 bits per heavy atom. The Hall–Kier alpha value is -3.48. The van der Waals surface area contributed by atoms with Crippen LogP contribution in [0.25, 0.3) is 16.6 Å². The summed E-state index contributed by atoms with van der Waals surface area (Å²) in [4.78, 5) is 27.9. The van der Waals surface area contributed by atoms with E-state index in [-0.39, 0.29) is 22.7 Å². The van der Waals surface area contributed by atoms with Crippen molar-refractivity contribution in [2.75, 3.05) is 6.54 Å². The van der Waals surface area contributed by atoms with E-state index in [2.05, 4.69) is 20.6 Å². The Morgan fingerprint density at radius 3 is 2.78 bits per heavy atom. The molecule has 2 heterocycles. The lowest BCUT2D eigenvalue weighted by Gasteiger charge is -2.12. The molecule has 2 aromatic heterocycles. The van der Waals surface area contributed by atoms with E-state index in [0.717, 1.165) is 11.1 Å². The van der Waals surface area contributed by atoms with Crippen molar-refractivity contribution >= 4 is 22.5 Å². The number of aromatic amines is 1. The van der Waals surface area contributed by atoms with Crippen molar-refractivity contribution in [2.24, 2.45) is 0 Å². The highest BCUT2D eigenvalue weighted by molar-refractivity contribution is 5.99. The van der Waals surface area contributed by atoms with Gasteiger partial charge in [-0.3, -0.25) is 9.59 Å². The number of amides is 1. The molecule has 0 aliphatic carbocycles. The largest absolute Gasteiger partial charge is 0.350 e. The second-order valence-corrected chi connectivity index (χ2v) is 6.69. The van der Waals surface area contributed by atoms with Crippen LogP contribution in [0.4, 0.5) is 0 Å². The van der Waals surface area contributed by atoms with Crippen LogP contribution in [0.5, 0.6) is 0 Å². The van der Waals surface area contributed by atoms with E-state index in [1.807, 2.05) is 62.4 Å². The predicted octanol–water partition coefficient (Wildman–Crippen LogP) is 2.41. The monoisotopic (exact) mass is 361 g/mol. The first kappa shape index (κ1) is 17.0. The molecular formula is C20H19N5O2. The van der Waals surface area contributed by atoms with Crippen LogP contribution >= 0.6 is 0 Å². The van der Waals surface area contributed by atoms with Crippen LogP contribution in [0.1, 0.15) is 34.5 Å². The third kappa shape index (κ3) is 3.08. The second-order valence-electron chi connectivity index (χ2n) is 6.69. The SMILES string of the molecule is Cc1ccc2c(c1)[nH]c(=O)c1c(C(=O)NC[C@@H](C)c3ccccc3)nnn12. The predicted molar refractivity (Wildman–Crippen MR) is 103 cm³/mol. The Balaban J connectivity index is 1.65. The van der Waals surface area contributed by atoms with Gasteiger partial charge in [-0.05, 0) is 36.1 Å². The summed E-state index contributed by atoms with van der Waals surface area (Å²) in [6.45, 7) is 4.41. The molecule has 136 valence electrons. The van der Waals surface area contributed by atoms with Crippen LogP contribution in [-0.2, 0) is 0 Å². The number of carbonyl (C=O) groups is 1. The molecule has 1 atom stereocenters. The second kappa shape index (κ2) is 6.68. The summed E-state index contributed by atoms with van der Waals surface area (Å²) in [5, 5.41) is 10.8. The minimum absolute atomic E-state index is 0.0268. The molecule has 0 bridgehead atoms. The van der Waals surface area contributed by atoms with Gasteiger partial charge in [-0.1, -0.05) is 48.5 Å². The zero-order valence-corrected chi connectivity index (χ0v) is 15.1. The van der Waals surface area contributed by atoms with E-state index >= 15 is 0 Å². The maximum absolute atomic E-state index is 12.6. The lowest BCUT2D eigenvalue weighted by Crippen LogP contribution is -2.29. The maximum atomic E-state index is 12.6. The first-order chi connectivity index (χ1) is 13.0. The number of benzene rings is 2. The summed E-state index contributed by atoms with van der Waals surface area (Å²) in [7, 11) is 0. The Morgan fingerprint density at radius 2 is 2.00 bits per heavy atom. The van der Waals surface area contributed by atoms with Gasteiger partial charge in [0.2, 0.25) is 0 Å². The van der Waals surface area contributed by atoms with Crippen molar-refractivity contribution in [1.82, 2.24) is 25.1 Å². The molecule has 7 nitrogen and oxygen atoms in total. The van der Waals surface area contributed by atoms with E-state index in [0.29, 0.717) is 17.6 Å². The molecule has 2 N–H and O–H groups in total. The number of aryl methyl sites for hydroxylation is 1. The first-order valence-electron chi connectivity index (χ1n) is 8.76. The fourth-order valence-corrected chi connectivity index (χ4v) is 3.15. The van der Waals surface area contributed by atoms with E-state index in [4.69, 9.17) is 0 Å². The van der Waals surface area contributed by atoms with Crippen LogP contribution in [0.3, 0.4) is 0 Å². The van der Waals surface area contributed by atoms with Crippen molar-refractivity contribution in [3.63, 3.8) is 0 Å². The van der Waals surface area contributed by atoms with Crippen LogP contribution in [0.2, 0.25) is 0 Å². The molecule has 0 spiro atoms. The zero-order chi connectivity index (χ0) is 19.0. The number of aromatic nitrogens is 4. The number of hydrogen-bond acceptors (Lipinski definition) is 4. The van der Waals surface area contributed by atoms with E-state index in [9.17, 15) is 9.59 Å². The molecule has 0 saturated heterocycles. The first-order valence-corrected chi connectivity index (χ1v) is 8.76. The lowest BCUT2D eigenvalue weighted by atomic mass is 10.0. The van der Waals surface area contributed by atoms with Gasteiger partial charge in [0.25, 0.3) is 11.5 Å². The van der Waals surface area contributed by atoms with E-state index < -0.39 is 5.91 Å².